The molecular weight excluding hydrogens is 346 g/mol. The minimum absolute atomic E-state index is 0.0503. The van der Waals surface area contributed by atoms with Crippen molar-refractivity contribution in [2.75, 3.05) is 20.3 Å². The molecule has 1 saturated heterocycles. The number of methoxy groups -OCH3 is 1. The highest BCUT2D eigenvalue weighted by molar-refractivity contribution is 6.46. The molecule has 2 aromatic carbocycles. The number of Topliss-reactive ketones (excluding diaryl/α,β-unsaturated/α-hetero) is 1. The van der Waals surface area contributed by atoms with Crippen molar-refractivity contribution in [3.8, 4) is 5.75 Å². The van der Waals surface area contributed by atoms with Crippen LogP contribution in [0.25, 0.3) is 5.76 Å². The molecule has 6 nitrogen and oxygen atoms in total. The van der Waals surface area contributed by atoms with Gasteiger partial charge in [0.25, 0.3) is 11.7 Å². The van der Waals surface area contributed by atoms with Crippen LogP contribution < -0.4 is 0 Å². The Balaban J connectivity index is 2.10. The van der Waals surface area contributed by atoms with E-state index in [1.54, 1.807) is 49.6 Å². The molecule has 1 amide bonds. The summed E-state index contributed by atoms with van der Waals surface area (Å²) < 4.78 is 5.05. The van der Waals surface area contributed by atoms with E-state index in [4.69, 9.17) is 4.74 Å². The number of phenolic OH excluding ortho intramolecular Hbond substituents is 1. The number of amides is 1. The number of rotatable bonds is 6. The Hall–Kier alpha value is -3.12. The summed E-state index contributed by atoms with van der Waals surface area (Å²) in [5.41, 5.74) is 1.16. The Morgan fingerprint density at radius 2 is 1.74 bits per heavy atom. The molecule has 1 heterocycles. The Labute approximate surface area is 157 Å². The summed E-state index contributed by atoms with van der Waals surface area (Å²) >= 11 is 0. The highest BCUT2D eigenvalue weighted by atomic mass is 16.5. The third-order valence-corrected chi connectivity index (χ3v) is 4.54. The Bertz CT molecular complexity index is 858. The van der Waals surface area contributed by atoms with Crippen LogP contribution in [0.5, 0.6) is 5.75 Å². The largest absolute Gasteiger partial charge is 0.508 e. The molecule has 3 rings (SSSR count). The summed E-state index contributed by atoms with van der Waals surface area (Å²) in [6, 6.07) is 14.2. The van der Waals surface area contributed by atoms with Crippen molar-refractivity contribution in [1.29, 1.82) is 0 Å². The van der Waals surface area contributed by atoms with E-state index in [0.717, 1.165) is 0 Å². The van der Waals surface area contributed by atoms with E-state index >= 15 is 0 Å². The third kappa shape index (κ3) is 3.71. The molecular formula is C21H21NO5. The number of ketones is 1. The number of carbonyl (C=O) groups excluding carboxylic acids is 2. The fourth-order valence-corrected chi connectivity index (χ4v) is 3.24. The maximum Gasteiger partial charge on any atom is 0.295 e. The molecule has 0 radical (unpaired) electrons. The zero-order valence-electron chi connectivity index (χ0n) is 15.0. The molecule has 0 unspecified atom stereocenters. The van der Waals surface area contributed by atoms with Crippen LogP contribution >= 0.6 is 0 Å². The molecule has 2 aromatic rings. The van der Waals surface area contributed by atoms with Crippen molar-refractivity contribution in [2.45, 2.75) is 12.5 Å². The smallest absolute Gasteiger partial charge is 0.295 e. The number of nitrogens with zero attached hydrogens (tertiary/aromatic N) is 1. The molecule has 6 heteroatoms. The van der Waals surface area contributed by atoms with E-state index in [1.807, 2.05) is 0 Å². The van der Waals surface area contributed by atoms with Crippen LogP contribution in [0.1, 0.15) is 23.6 Å². The average Bonchev–Trinajstić information content (AvgIpc) is 2.94. The topological polar surface area (TPSA) is 87.1 Å². The minimum atomic E-state index is -0.720. The van der Waals surface area contributed by atoms with Gasteiger partial charge < -0.3 is 19.8 Å². The van der Waals surface area contributed by atoms with Gasteiger partial charge in [-0.3, -0.25) is 9.59 Å². The normalized spacial score (nSPS) is 18.9. The first kappa shape index (κ1) is 18.7. The van der Waals surface area contributed by atoms with Gasteiger partial charge >= 0.3 is 0 Å². The molecule has 27 heavy (non-hydrogen) atoms. The first-order valence-electron chi connectivity index (χ1n) is 8.66. The van der Waals surface area contributed by atoms with Crippen LogP contribution in [-0.4, -0.2) is 47.1 Å². The summed E-state index contributed by atoms with van der Waals surface area (Å²) in [6.45, 7) is 0.763. The average molecular weight is 367 g/mol. The second-order valence-corrected chi connectivity index (χ2v) is 6.30. The molecule has 0 saturated carbocycles. The molecule has 1 aliphatic rings. The number of aliphatic hydroxyl groups excluding tert-OH is 1. The second kappa shape index (κ2) is 8.05. The molecule has 0 bridgehead atoms. The molecule has 0 aromatic heterocycles. The first-order chi connectivity index (χ1) is 13.0. The predicted molar refractivity (Wildman–Crippen MR) is 100 cm³/mol. The summed E-state index contributed by atoms with van der Waals surface area (Å²) in [4.78, 5) is 26.8. The quantitative estimate of drug-likeness (QED) is 0.355. The zero-order chi connectivity index (χ0) is 19.4. The van der Waals surface area contributed by atoms with Crippen molar-refractivity contribution in [2.24, 2.45) is 0 Å². The van der Waals surface area contributed by atoms with Gasteiger partial charge in [-0.1, -0.05) is 42.5 Å². The van der Waals surface area contributed by atoms with E-state index in [2.05, 4.69) is 0 Å². The SMILES string of the molecule is COCCCN1C(=O)C(=O)/C(=C(/O)c2ccccc2)[C@H]1c1ccc(O)cc1. The highest BCUT2D eigenvalue weighted by Crippen LogP contribution is 2.39. The van der Waals surface area contributed by atoms with Crippen LogP contribution in [0, 0.1) is 0 Å². The first-order valence-corrected chi connectivity index (χ1v) is 8.66. The lowest BCUT2D eigenvalue weighted by Gasteiger charge is -2.25. The van der Waals surface area contributed by atoms with Crippen LogP contribution in [0.15, 0.2) is 60.2 Å². The molecule has 0 spiro atoms. The van der Waals surface area contributed by atoms with Gasteiger partial charge in [0, 0.05) is 25.8 Å². The molecule has 1 aliphatic heterocycles. The van der Waals surface area contributed by atoms with Crippen LogP contribution in [0.4, 0.5) is 0 Å². The monoisotopic (exact) mass is 367 g/mol. The molecule has 1 atom stereocenters. The summed E-state index contributed by atoms with van der Waals surface area (Å²) in [7, 11) is 1.57. The third-order valence-electron chi connectivity index (χ3n) is 4.54. The second-order valence-electron chi connectivity index (χ2n) is 6.30. The van der Waals surface area contributed by atoms with Gasteiger partial charge in [-0.2, -0.15) is 0 Å². The number of hydrogen-bond donors (Lipinski definition) is 2. The van der Waals surface area contributed by atoms with Gasteiger partial charge in [0.05, 0.1) is 11.6 Å². The lowest BCUT2D eigenvalue weighted by molar-refractivity contribution is -0.140. The number of aromatic hydroxyl groups is 1. The maximum absolute atomic E-state index is 12.7. The van der Waals surface area contributed by atoms with Crippen molar-refractivity contribution >= 4 is 17.4 Å². The van der Waals surface area contributed by atoms with Crippen LogP contribution in [0.2, 0.25) is 0 Å². The van der Waals surface area contributed by atoms with Crippen molar-refractivity contribution in [3.63, 3.8) is 0 Å². The predicted octanol–water partition coefficient (Wildman–Crippen LogP) is 2.85. The van der Waals surface area contributed by atoms with Gasteiger partial charge in [0.2, 0.25) is 0 Å². The Kier molecular flexibility index (Phi) is 5.57. The number of likely N-dealkylation sites (tertiary alicyclic amines) is 1. The van der Waals surface area contributed by atoms with Gasteiger partial charge in [-0.25, -0.2) is 0 Å². The standard InChI is InChI=1S/C21H21NO5/c1-27-13-5-12-22-18(14-8-10-16(23)11-9-14)17(20(25)21(22)26)19(24)15-6-3-2-4-7-15/h2-4,6-11,18,23-24H,5,12-13H2,1H3/b19-17+/t18-/m1/s1. The zero-order valence-corrected chi connectivity index (χ0v) is 15.0. The van der Waals surface area contributed by atoms with E-state index < -0.39 is 17.7 Å². The number of hydrogen-bond acceptors (Lipinski definition) is 5. The van der Waals surface area contributed by atoms with Crippen molar-refractivity contribution in [3.05, 3.63) is 71.3 Å². The fraction of sp³-hybridized carbons (Fsp3) is 0.238. The lowest BCUT2D eigenvalue weighted by atomic mass is 9.95. The van der Waals surface area contributed by atoms with E-state index in [0.29, 0.717) is 30.7 Å². The summed E-state index contributed by atoms with van der Waals surface area (Å²) in [6.07, 6.45) is 0.559. The fourth-order valence-electron chi connectivity index (χ4n) is 3.24. The van der Waals surface area contributed by atoms with Gasteiger partial charge in [0.1, 0.15) is 11.5 Å². The lowest BCUT2D eigenvalue weighted by Crippen LogP contribution is -2.31. The van der Waals surface area contributed by atoms with Crippen LogP contribution in [-0.2, 0) is 14.3 Å². The van der Waals surface area contributed by atoms with E-state index in [9.17, 15) is 19.8 Å². The van der Waals surface area contributed by atoms with E-state index in [1.165, 1.54) is 17.0 Å². The van der Waals surface area contributed by atoms with Gasteiger partial charge in [-0.05, 0) is 24.1 Å². The Morgan fingerprint density at radius 1 is 1.07 bits per heavy atom. The molecule has 1 fully saturated rings. The number of ether oxygens (including phenoxy) is 1. The molecule has 2 N–H and O–H groups in total. The number of carbonyl (C=O) groups is 2. The summed E-state index contributed by atoms with van der Waals surface area (Å²) in [5, 5.41) is 20.4. The summed E-state index contributed by atoms with van der Waals surface area (Å²) in [5.74, 6) is -1.49. The van der Waals surface area contributed by atoms with Crippen molar-refractivity contribution in [1.82, 2.24) is 4.90 Å². The minimum Gasteiger partial charge on any atom is -0.508 e. The highest BCUT2D eigenvalue weighted by Gasteiger charge is 2.45. The Morgan fingerprint density at radius 3 is 2.37 bits per heavy atom. The van der Waals surface area contributed by atoms with Gasteiger partial charge in [0.15, 0.2) is 0 Å². The number of phenols is 1. The van der Waals surface area contributed by atoms with E-state index in [-0.39, 0.29) is 17.1 Å². The van der Waals surface area contributed by atoms with Crippen molar-refractivity contribution < 1.29 is 24.5 Å². The van der Waals surface area contributed by atoms with Crippen LogP contribution in [0.3, 0.4) is 0 Å². The molecule has 0 aliphatic carbocycles. The maximum atomic E-state index is 12.7. The number of aliphatic hydroxyl groups is 1. The van der Waals surface area contributed by atoms with Gasteiger partial charge in [-0.15, -0.1) is 0 Å². The number of benzene rings is 2. The molecule has 140 valence electrons.